The molecule has 2 rings (SSSR count). The lowest BCUT2D eigenvalue weighted by atomic mass is 10.1. The molecule has 0 saturated carbocycles. The van der Waals surface area contributed by atoms with Crippen molar-refractivity contribution in [1.29, 1.82) is 0 Å². The van der Waals surface area contributed by atoms with Gasteiger partial charge in [0.05, 0.1) is 6.61 Å². The van der Waals surface area contributed by atoms with Crippen molar-refractivity contribution in [3.63, 3.8) is 0 Å². The third-order valence-electron chi connectivity index (χ3n) is 3.09. The lowest BCUT2D eigenvalue weighted by Crippen LogP contribution is -2.30. The lowest BCUT2D eigenvalue weighted by Gasteiger charge is -2.24. The molecule has 1 aliphatic rings. The van der Waals surface area contributed by atoms with E-state index in [1.807, 2.05) is 24.3 Å². The Morgan fingerprint density at radius 2 is 2.21 bits per heavy atom. The van der Waals surface area contributed by atoms with Crippen molar-refractivity contribution in [2.45, 2.75) is 18.9 Å². The molecule has 0 aromatic heterocycles. The first-order valence-electron chi connectivity index (χ1n) is 6.63. The monoisotopic (exact) mass is 260 g/mol. The molecule has 2 N–H and O–H groups in total. The molecule has 0 spiro atoms. The lowest BCUT2D eigenvalue weighted by molar-refractivity contribution is 0.0876. The number of nitrogens with one attached hydrogen (secondary N) is 2. The molecule has 1 aromatic carbocycles. The standard InChI is InChI=1S/C15H20N2O2/c1-2-9-16-15(18)12-5-7-13(8-6-12)17-14-4-3-10-19-11-14/h2,5-8,14,17H,1,3-4,9-11H2,(H,16,18). The van der Waals surface area contributed by atoms with Gasteiger partial charge in [-0.15, -0.1) is 6.58 Å². The fourth-order valence-electron chi connectivity index (χ4n) is 2.08. The molecule has 19 heavy (non-hydrogen) atoms. The van der Waals surface area contributed by atoms with E-state index in [0.717, 1.165) is 31.7 Å². The summed E-state index contributed by atoms with van der Waals surface area (Å²) in [5.41, 5.74) is 1.68. The van der Waals surface area contributed by atoms with E-state index in [-0.39, 0.29) is 5.91 Å². The van der Waals surface area contributed by atoms with Crippen LogP contribution in [0.3, 0.4) is 0 Å². The van der Waals surface area contributed by atoms with Crippen LogP contribution in [0, 0.1) is 0 Å². The zero-order valence-electron chi connectivity index (χ0n) is 11.0. The minimum absolute atomic E-state index is 0.0764. The summed E-state index contributed by atoms with van der Waals surface area (Å²) in [6.07, 6.45) is 3.89. The zero-order valence-corrected chi connectivity index (χ0v) is 11.0. The zero-order chi connectivity index (χ0) is 13.5. The van der Waals surface area contributed by atoms with Crippen LogP contribution in [-0.4, -0.2) is 31.7 Å². The summed E-state index contributed by atoms with van der Waals surface area (Å²) in [6.45, 7) is 5.67. The molecule has 0 aliphatic carbocycles. The number of carbonyl (C=O) groups excluding carboxylic acids is 1. The number of ether oxygens (including phenoxy) is 1. The van der Waals surface area contributed by atoms with Crippen LogP contribution in [0.2, 0.25) is 0 Å². The molecule has 1 saturated heterocycles. The third-order valence-corrected chi connectivity index (χ3v) is 3.09. The summed E-state index contributed by atoms with van der Waals surface area (Å²) in [6, 6.07) is 7.87. The first-order valence-corrected chi connectivity index (χ1v) is 6.63. The Kier molecular flexibility index (Phi) is 4.98. The Morgan fingerprint density at radius 1 is 1.42 bits per heavy atom. The third kappa shape index (κ3) is 4.10. The van der Waals surface area contributed by atoms with Gasteiger partial charge < -0.3 is 15.4 Å². The summed E-state index contributed by atoms with van der Waals surface area (Å²) in [5.74, 6) is -0.0764. The van der Waals surface area contributed by atoms with Gasteiger partial charge in [-0.25, -0.2) is 0 Å². The number of hydrogen-bond acceptors (Lipinski definition) is 3. The highest BCUT2D eigenvalue weighted by Crippen LogP contribution is 2.15. The van der Waals surface area contributed by atoms with Crippen LogP contribution in [0.1, 0.15) is 23.2 Å². The fraction of sp³-hybridized carbons (Fsp3) is 0.400. The number of benzene rings is 1. The van der Waals surface area contributed by atoms with Crippen LogP contribution in [0.4, 0.5) is 5.69 Å². The average Bonchev–Trinajstić information content (AvgIpc) is 2.46. The van der Waals surface area contributed by atoms with Gasteiger partial charge in [0.2, 0.25) is 0 Å². The maximum absolute atomic E-state index is 11.7. The van der Waals surface area contributed by atoms with Crippen LogP contribution in [-0.2, 0) is 4.74 Å². The average molecular weight is 260 g/mol. The summed E-state index contributed by atoms with van der Waals surface area (Å²) in [7, 11) is 0. The van der Waals surface area contributed by atoms with Gasteiger partial charge in [-0.05, 0) is 37.1 Å². The normalized spacial score (nSPS) is 18.6. The van der Waals surface area contributed by atoms with Gasteiger partial charge in [-0.3, -0.25) is 4.79 Å². The maximum atomic E-state index is 11.7. The van der Waals surface area contributed by atoms with Gasteiger partial charge in [-0.2, -0.15) is 0 Å². The van der Waals surface area contributed by atoms with E-state index in [9.17, 15) is 4.79 Å². The molecule has 1 heterocycles. The number of carbonyl (C=O) groups is 1. The van der Waals surface area contributed by atoms with Crippen molar-refractivity contribution in [1.82, 2.24) is 5.32 Å². The smallest absolute Gasteiger partial charge is 0.251 e. The van der Waals surface area contributed by atoms with E-state index < -0.39 is 0 Å². The van der Waals surface area contributed by atoms with Gasteiger partial charge in [0.15, 0.2) is 0 Å². The first-order chi connectivity index (χ1) is 9.29. The second-order valence-corrected chi connectivity index (χ2v) is 4.63. The van der Waals surface area contributed by atoms with E-state index in [0.29, 0.717) is 18.2 Å². The molecule has 0 radical (unpaired) electrons. The van der Waals surface area contributed by atoms with E-state index in [4.69, 9.17) is 4.74 Å². The Balaban J connectivity index is 1.90. The van der Waals surface area contributed by atoms with Crippen molar-refractivity contribution in [2.24, 2.45) is 0 Å². The molecule has 0 bridgehead atoms. The van der Waals surface area contributed by atoms with Crippen molar-refractivity contribution in [2.75, 3.05) is 25.1 Å². The molecule has 1 amide bonds. The summed E-state index contributed by atoms with van der Waals surface area (Å²) < 4.78 is 5.42. The van der Waals surface area contributed by atoms with Crippen LogP contribution in [0.5, 0.6) is 0 Å². The Labute approximate surface area is 113 Å². The van der Waals surface area contributed by atoms with E-state index >= 15 is 0 Å². The second kappa shape index (κ2) is 6.95. The quantitative estimate of drug-likeness (QED) is 0.798. The van der Waals surface area contributed by atoms with Crippen LogP contribution in [0.15, 0.2) is 36.9 Å². The van der Waals surface area contributed by atoms with Gasteiger partial charge >= 0.3 is 0 Å². The number of rotatable bonds is 5. The number of hydrogen-bond donors (Lipinski definition) is 2. The summed E-state index contributed by atoms with van der Waals surface area (Å²) in [5, 5.41) is 6.17. The summed E-state index contributed by atoms with van der Waals surface area (Å²) >= 11 is 0. The minimum atomic E-state index is -0.0764. The number of amides is 1. The molecule has 1 aliphatic heterocycles. The predicted molar refractivity (Wildman–Crippen MR) is 76.4 cm³/mol. The van der Waals surface area contributed by atoms with Crippen molar-refractivity contribution in [3.8, 4) is 0 Å². The highest BCUT2D eigenvalue weighted by molar-refractivity contribution is 5.94. The van der Waals surface area contributed by atoms with Crippen LogP contribution < -0.4 is 10.6 Å². The van der Waals surface area contributed by atoms with E-state index in [2.05, 4.69) is 17.2 Å². The molecular formula is C15H20N2O2. The Morgan fingerprint density at radius 3 is 2.84 bits per heavy atom. The fourth-order valence-corrected chi connectivity index (χ4v) is 2.08. The molecule has 1 fully saturated rings. The second-order valence-electron chi connectivity index (χ2n) is 4.63. The van der Waals surface area contributed by atoms with Crippen molar-refractivity contribution in [3.05, 3.63) is 42.5 Å². The highest BCUT2D eigenvalue weighted by atomic mass is 16.5. The predicted octanol–water partition coefficient (Wildman–Crippen LogP) is 2.19. The van der Waals surface area contributed by atoms with Gasteiger partial charge in [0.1, 0.15) is 0 Å². The molecular weight excluding hydrogens is 240 g/mol. The topological polar surface area (TPSA) is 50.4 Å². The summed E-state index contributed by atoms with van der Waals surface area (Å²) in [4.78, 5) is 11.7. The Hall–Kier alpha value is -1.81. The van der Waals surface area contributed by atoms with E-state index in [1.165, 1.54) is 0 Å². The van der Waals surface area contributed by atoms with Crippen LogP contribution in [0.25, 0.3) is 0 Å². The Bertz CT molecular complexity index is 422. The van der Waals surface area contributed by atoms with Gasteiger partial charge in [0.25, 0.3) is 5.91 Å². The van der Waals surface area contributed by atoms with Crippen molar-refractivity contribution >= 4 is 11.6 Å². The minimum Gasteiger partial charge on any atom is -0.380 e. The van der Waals surface area contributed by atoms with Crippen LogP contribution >= 0.6 is 0 Å². The SMILES string of the molecule is C=CCNC(=O)c1ccc(NC2CCCOC2)cc1. The van der Waals surface area contributed by atoms with E-state index in [1.54, 1.807) is 6.08 Å². The molecule has 1 unspecified atom stereocenters. The number of anilines is 1. The van der Waals surface area contributed by atoms with Gasteiger partial charge in [0, 0.05) is 30.4 Å². The van der Waals surface area contributed by atoms with Crippen molar-refractivity contribution < 1.29 is 9.53 Å². The molecule has 1 aromatic rings. The van der Waals surface area contributed by atoms with Gasteiger partial charge in [-0.1, -0.05) is 6.08 Å². The molecule has 4 nitrogen and oxygen atoms in total. The highest BCUT2D eigenvalue weighted by Gasteiger charge is 2.13. The largest absolute Gasteiger partial charge is 0.380 e. The molecule has 1 atom stereocenters. The molecule has 4 heteroatoms. The molecule has 102 valence electrons. The maximum Gasteiger partial charge on any atom is 0.251 e. The first kappa shape index (κ1) is 13.6.